The van der Waals surface area contributed by atoms with E-state index < -0.39 is 6.10 Å². The van der Waals surface area contributed by atoms with Gasteiger partial charge in [-0.15, -0.1) is 0 Å². The summed E-state index contributed by atoms with van der Waals surface area (Å²) in [7, 11) is 0. The Morgan fingerprint density at radius 2 is 0.650 bits per heavy atom. The Bertz CT molecular complexity index is 913. The van der Waals surface area contributed by atoms with Gasteiger partial charge in [0.2, 0.25) is 0 Å². The van der Waals surface area contributed by atoms with Gasteiger partial charge in [0.1, 0.15) is 6.61 Å². The van der Waals surface area contributed by atoms with Crippen LogP contribution in [0.2, 0.25) is 0 Å². The molecule has 5 heteroatoms. The summed E-state index contributed by atoms with van der Waals surface area (Å²) < 4.78 is 17.4. The molecule has 0 saturated heterocycles. The molecule has 0 aliphatic heterocycles. The molecule has 1 atom stereocenters. The van der Waals surface area contributed by atoms with Crippen molar-refractivity contribution in [3.8, 4) is 0 Å². The fourth-order valence-corrected chi connectivity index (χ4v) is 7.91. The molecule has 5 nitrogen and oxygen atoms in total. The minimum atomic E-state index is -0.532. The third-order valence-electron chi connectivity index (χ3n) is 12.0. The molecule has 0 aromatic rings. The van der Waals surface area contributed by atoms with E-state index in [1.807, 2.05) is 0 Å². The lowest BCUT2D eigenvalue weighted by Crippen LogP contribution is -2.30. The zero-order valence-corrected chi connectivity index (χ0v) is 40.7. The van der Waals surface area contributed by atoms with Gasteiger partial charge in [0.15, 0.2) is 6.10 Å². The topological polar surface area (TPSA) is 61.8 Å². The van der Waals surface area contributed by atoms with Crippen molar-refractivity contribution in [2.24, 2.45) is 0 Å². The molecule has 0 radical (unpaired) electrons. The Balaban J connectivity index is 4.16. The van der Waals surface area contributed by atoms with Crippen LogP contribution in [-0.2, 0) is 23.8 Å². The smallest absolute Gasteiger partial charge is 0.306 e. The average molecular weight is 845 g/mol. The molecule has 354 valence electrons. The van der Waals surface area contributed by atoms with Gasteiger partial charge in [-0.2, -0.15) is 0 Å². The van der Waals surface area contributed by atoms with Gasteiger partial charge >= 0.3 is 11.9 Å². The summed E-state index contributed by atoms with van der Waals surface area (Å²) in [4.78, 5) is 25.3. The van der Waals surface area contributed by atoms with Crippen molar-refractivity contribution >= 4 is 11.9 Å². The number of rotatable bonds is 50. The maximum absolute atomic E-state index is 12.8. The molecule has 0 bridgehead atoms. The summed E-state index contributed by atoms with van der Waals surface area (Å²) in [6.45, 7) is 7.84. The fraction of sp³-hybridized carbons (Fsp3) is 0.891. The fourth-order valence-electron chi connectivity index (χ4n) is 7.91. The van der Waals surface area contributed by atoms with Gasteiger partial charge in [-0.1, -0.05) is 231 Å². The Kier molecular flexibility index (Phi) is 50.3. The number of hydrogen-bond donors (Lipinski definition) is 0. The Hall–Kier alpha value is -1.62. The Morgan fingerprint density at radius 3 is 1.03 bits per heavy atom. The largest absolute Gasteiger partial charge is 0.462 e. The lowest BCUT2D eigenvalue weighted by atomic mass is 10.1. The molecule has 0 aliphatic carbocycles. The highest BCUT2D eigenvalue weighted by molar-refractivity contribution is 5.70. The van der Waals surface area contributed by atoms with Crippen molar-refractivity contribution in [1.82, 2.24) is 0 Å². The van der Waals surface area contributed by atoms with E-state index >= 15 is 0 Å². The third-order valence-corrected chi connectivity index (χ3v) is 12.0. The number of carbonyl (C=O) groups excluding carboxylic acids is 2. The molecule has 0 aromatic heterocycles. The molecule has 0 rings (SSSR count). The number of carbonyl (C=O) groups is 2. The quantitative estimate of drug-likeness (QED) is 0.0347. The zero-order chi connectivity index (χ0) is 43.5. The molecule has 0 aliphatic rings. The molecule has 0 heterocycles. The first-order valence-electron chi connectivity index (χ1n) is 26.9. The van der Waals surface area contributed by atoms with E-state index in [4.69, 9.17) is 14.2 Å². The summed E-state index contributed by atoms with van der Waals surface area (Å²) >= 11 is 0. The first-order valence-corrected chi connectivity index (χ1v) is 26.9. The van der Waals surface area contributed by atoms with Gasteiger partial charge in [0.25, 0.3) is 0 Å². The van der Waals surface area contributed by atoms with Crippen molar-refractivity contribution in [2.45, 2.75) is 297 Å². The SMILES string of the molecule is CCCCCC/C=C\CCCCCCCC(=O)OCC(COCCCCCCCCCCCC/C=C\CCCCCCCC)OC(=O)CCCCCCCCCCCCC. The van der Waals surface area contributed by atoms with Gasteiger partial charge in [-0.3, -0.25) is 9.59 Å². The monoisotopic (exact) mass is 845 g/mol. The van der Waals surface area contributed by atoms with Crippen LogP contribution < -0.4 is 0 Å². The summed E-state index contributed by atoms with van der Waals surface area (Å²) in [6.07, 6.45) is 60.5. The number of unbranched alkanes of at least 4 members (excludes halogenated alkanes) is 35. The van der Waals surface area contributed by atoms with Crippen LogP contribution in [0.4, 0.5) is 0 Å². The van der Waals surface area contributed by atoms with Crippen LogP contribution in [0, 0.1) is 0 Å². The Labute approximate surface area is 375 Å². The van der Waals surface area contributed by atoms with Gasteiger partial charge < -0.3 is 14.2 Å². The predicted molar refractivity (Wildman–Crippen MR) is 261 cm³/mol. The molecular weight excluding hydrogens is 741 g/mol. The van der Waals surface area contributed by atoms with Crippen LogP contribution in [0.3, 0.4) is 0 Å². The number of ether oxygens (including phenoxy) is 3. The van der Waals surface area contributed by atoms with Gasteiger partial charge in [-0.25, -0.2) is 0 Å². The molecule has 1 unspecified atom stereocenters. The Morgan fingerprint density at radius 1 is 0.350 bits per heavy atom. The van der Waals surface area contributed by atoms with Crippen LogP contribution in [-0.4, -0.2) is 37.9 Å². The van der Waals surface area contributed by atoms with Crippen LogP contribution >= 0.6 is 0 Å². The molecule has 0 aromatic carbocycles. The molecule has 60 heavy (non-hydrogen) atoms. The average Bonchev–Trinajstić information content (AvgIpc) is 3.25. The third kappa shape index (κ3) is 49.0. The first kappa shape index (κ1) is 58.4. The van der Waals surface area contributed by atoms with Crippen LogP contribution in [0.25, 0.3) is 0 Å². The van der Waals surface area contributed by atoms with E-state index in [1.165, 1.54) is 212 Å². The normalized spacial score (nSPS) is 12.2. The highest BCUT2D eigenvalue weighted by atomic mass is 16.6. The second-order valence-electron chi connectivity index (χ2n) is 18.1. The van der Waals surface area contributed by atoms with E-state index in [9.17, 15) is 9.59 Å². The lowest BCUT2D eigenvalue weighted by molar-refractivity contribution is -0.163. The van der Waals surface area contributed by atoms with Crippen LogP contribution in [0.1, 0.15) is 290 Å². The van der Waals surface area contributed by atoms with Gasteiger partial charge in [0.05, 0.1) is 6.61 Å². The molecular formula is C55H104O5. The number of esters is 2. The minimum Gasteiger partial charge on any atom is -0.462 e. The molecule has 0 fully saturated rings. The summed E-state index contributed by atoms with van der Waals surface area (Å²) in [5, 5.41) is 0. The standard InChI is InChI=1S/C55H104O5/c1-4-7-10-13-16-19-22-24-25-26-27-28-29-30-32-35-38-41-44-47-50-58-51-53(60-55(57)49-46-43-40-37-33-21-18-15-12-9-6-3)52-59-54(56)48-45-42-39-36-34-31-23-20-17-14-11-8-5-2/h20,23-25,53H,4-19,21-22,26-52H2,1-3H3/b23-20-,25-24-. The molecule has 0 amide bonds. The van der Waals surface area contributed by atoms with Crippen molar-refractivity contribution in [3.63, 3.8) is 0 Å². The van der Waals surface area contributed by atoms with Crippen molar-refractivity contribution in [1.29, 1.82) is 0 Å². The highest BCUT2D eigenvalue weighted by Gasteiger charge is 2.17. The maximum atomic E-state index is 12.8. The lowest BCUT2D eigenvalue weighted by Gasteiger charge is -2.18. The van der Waals surface area contributed by atoms with E-state index in [0.717, 1.165) is 44.9 Å². The van der Waals surface area contributed by atoms with Crippen LogP contribution in [0.15, 0.2) is 24.3 Å². The van der Waals surface area contributed by atoms with Crippen LogP contribution in [0.5, 0.6) is 0 Å². The minimum absolute atomic E-state index is 0.0869. The van der Waals surface area contributed by atoms with Gasteiger partial charge in [-0.05, 0) is 70.6 Å². The second-order valence-corrected chi connectivity index (χ2v) is 18.1. The number of allylic oxidation sites excluding steroid dienone is 4. The number of hydrogen-bond acceptors (Lipinski definition) is 5. The predicted octanol–water partition coefficient (Wildman–Crippen LogP) is 18.0. The molecule has 0 saturated carbocycles. The van der Waals surface area contributed by atoms with E-state index in [0.29, 0.717) is 26.1 Å². The summed E-state index contributed by atoms with van der Waals surface area (Å²) in [5.74, 6) is -0.392. The summed E-state index contributed by atoms with van der Waals surface area (Å²) in [5.41, 5.74) is 0. The second kappa shape index (κ2) is 51.7. The maximum Gasteiger partial charge on any atom is 0.306 e. The van der Waals surface area contributed by atoms with Crippen molar-refractivity contribution in [3.05, 3.63) is 24.3 Å². The zero-order valence-electron chi connectivity index (χ0n) is 40.7. The van der Waals surface area contributed by atoms with E-state index in [1.54, 1.807) is 0 Å². The molecule has 0 N–H and O–H groups in total. The van der Waals surface area contributed by atoms with E-state index in [-0.39, 0.29) is 18.5 Å². The van der Waals surface area contributed by atoms with E-state index in [2.05, 4.69) is 45.1 Å². The molecule has 0 spiro atoms. The van der Waals surface area contributed by atoms with Gasteiger partial charge in [0, 0.05) is 19.4 Å². The highest BCUT2D eigenvalue weighted by Crippen LogP contribution is 2.15. The van der Waals surface area contributed by atoms with Crippen molar-refractivity contribution in [2.75, 3.05) is 19.8 Å². The summed E-state index contributed by atoms with van der Waals surface area (Å²) in [6, 6.07) is 0. The van der Waals surface area contributed by atoms with Crippen molar-refractivity contribution < 1.29 is 23.8 Å². The first-order chi connectivity index (χ1) is 29.6.